The Kier molecular flexibility index (Phi) is 5.20. The molecule has 2 aromatic carbocycles. The van der Waals surface area contributed by atoms with Gasteiger partial charge in [0.1, 0.15) is 5.75 Å². The molecular weight excluding hydrogens is 288 g/mol. The Morgan fingerprint density at radius 1 is 1.29 bits per heavy atom. The largest absolute Gasteiger partial charge is 0.496 e. The van der Waals surface area contributed by atoms with Crippen LogP contribution in [0, 0.1) is 0 Å². The Hall–Kier alpha value is -2.04. The fourth-order valence-corrected chi connectivity index (χ4v) is 2.13. The SMILES string of the molecule is COc1cc(Cl)ccc1C(=O)NCC(N)c1ccccc1. The molecule has 0 saturated carbocycles. The summed E-state index contributed by atoms with van der Waals surface area (Å²) >= 11 is 5.88. The molecule has 110 valence electrons. The van der Waals surface area contributed by atoms with Crippen LogP contribution in [0.5, 0.6) is 5.75 Å². The van der Waals surface area contributed by atoms with Crippen LogP contribution in [0.2, 0.25) is 5.02 Å². The lowest BCUT2D eigenvalue weighted by Gasteiger charge is -2.14. The Morgan fingerprint density at radius 3 is 2.67 bits per heavy atom. The van der Waals surface area contributed by atoms with Gasteiger partial charge in [0.25, 0.3) is 5.91 Å². The molecule has 2 rings (SSSR count). The van der Waals surface area contributed by atoms with Gasteiger partial charge in [-0.05, 0) is 23.8 Å². The van der Waals surface area contributed by atoms with E-state index in [1.807, 2.05) is 30.3 Å². The smallest absolute Gasteiger partial charge is 0.255 e. The highest BCUT2D eigenvalue weighted by Gasteiger charge is 2.14. The molecule has 0 heterocycles. The zero-order valence-corrected chi connectivity index (χ0v) is 12.4. The maximum absolute atomic E-state index is 12.2. The number of methoxy groups -OCH3 is 1. The van der Waals surface area contributed by atoms with Crippen molar-refractivity contribution in [3.05, 3.63) is 64.7 Å². The molecule has 2 aromatic rings. The second-order valence-corrected chi connectivity index (χ2v) is 5.01. The van der Waals surface area contributed by atoms with Crippen molar-refractivity contribution in [2.24, 2.45) is 5.73 Å². The molecule has 0 aliphatic rings. The Balaban J connectivity index is 2.02. The second kappa shape index (κ2) is 7.11. The highest BCUT2D eigenvalue weighted by atomic mass is 35.5. The lowest BCUT2D eigenvalue weighted by atomic mass is 10.1. The summed E-state index contributed by atoms with van der Waals surface area (Å²) in [6.07, 6.45) is 0. The summed E-state index contributed by atoms with van der Waals surface area (Å²) in [6, 6.07) is 14.2. The molecule has 1 amide bonds. The third kappa shape index (κ3) is 3.97. The quantitative estimate of drug-likeness (QED) is 0.893. The van der Waals surface area contributed by atoms with E-state index in [0.29, 0.717) is 22.9 Å². The number of hydrogen-bond donors (Lipinski definition) is 2. The first-order valence-corrected chi connectivity index (χ1v) is 6.92. The maximum atomic E-state index is 12.2. The fraction of sp³-hybridized carbons (Fsp3) is 0.188. The van der Waals surface area contributed by atoms with E-state index in [4.69, 9.17) is 22.1 Å². The summed E-state index contributed by atoms with van der Waals surface area (Å²) in [5, 5.41) is 3.32. The molecule has 0 radical (unpaired) electrons. The Morgan fingerprint density at radius 2 is 2.00 bits per heavy atom. The maximum Gasteiger partial charge on any atom is 0.255 e. The number of nitrogens with two attached hydrogens (primary N) is 1. The van der Waals surface area contributed by atoms with E-state index in [-0.39, 0.29) is 11.9 Å². The van der Waals surface area contributed by atoms with Gasteiger partial charge >= 0.3 is 0 Å². The Labute approximate surface area is 128 Å². The number of halogens is 1. The third-order valence-corrected chi connectivity index (χ3v) is 3.35. The minimum atomic E-state index is -0.256. The summed E-state index contributed by atoms with van der Waals surface area (Å²) < 4.78 is 5.16. The Bertz CT molecular complexity index is 617. The van der Waals surface area contributed by atoms with Crippen molar-refractivity contribution in [1.82, 2.24) is 5.32 Å². The summed E-state index contributed by atoms with van der Waals surface area (Å²) in [4.78, 5) is 12.2. The van der Waals surface area contributed by atoms with Crippen LogP contribution in [-0.4, -0.2) is 19.6 Å². The standard InChI is InChI=1S/C16H17ClN2O2/c1-21-15-9-12(17)7-8-13(15)16(20)19-10-14(18)11-5-3-2-4-6-11/h2-9,14H,10,18H2,1H3,(H,19,20). The molecule has 1 atom stereocenters. The van der Waals surface area contributed by atoms with E-state index >= 15 is 0 Å². The van der Waals surface area contributed by atoms with Crippen molar-refractivity contribution in [3.63, 3.8) is 0 Å². The number of carbonyl (C=O) groups is 1. The van der Waals surface area contributed by atoms with Crippen molar-refractivity contribution < 1.29 is 9.53 Å². The number of hydrogen-bond acceptors (Lipinski definition) is 3. The molecule has 0 spiro atoms. The van der Waals surface area contributed by atoms with Gasteiger partial charge in [-0.25, -0.2) is 0 Å². The van der Waals surface area contributed by atoms with Gasteiger partial charge in [-0.15, -0.1) is 0 Å². The van der Waals surface area contributed by atoms with E-state index < -0.39 is 0 Å². The summed E-state index contributed by atoms with van der Waals surface area (Å²) in [7, 11) is 1.50. The minimum Gasteiger partial charge on any atom is -0.496 e. The third-order valence-electron chi connectivity index (χ3n) is 3.12. The van der Waals surface area contributed by atoms with Crippen LogP contribution in [0.4, 0.5) is 0 Å². The molecule has 3 N–H and O–H groups in total. The summed E-state index contributed by atoms with van der Waals surface area (Å²) in [5.41, 5.74) is 7.45. The van der Waals surface area contributed by atoms with Gasteiger partial charge in [-0.3, -0.25) is 4.79 Å². The van der Waals surface area contributed by atoms with Crippen molar-refractivity contribution >= 4 is 17.5 Å². The first kappa shape index (κ1) is 15.4. The van der Waals surface area contributed by atoms with Gasteiger partial charge in [-0.2, -0.15) is 0 Å². The summed E-state index contributed by atoms with van der Waals surface area (Å²) in [6.45, 7) is 0.342. The molecule has 5 heteroatoms. The van der Waals surface area contributed by atoms with E-state index in [1.165, 1.54) is 7.11 Å². The van der Waals surface area contributed by atoms with Crippen LogP contribution in [0.25, 0.3) is 0 Å². The normalized spacial score (nSPS) is 11.8. The topological polar surface area (TPSA) is 64.3 Å². The molecule has 0 aliphatic heterocycles. The molecule has 0 fully saturated rings. The predicted octanol–water partition coefficient (Wildman–Crippen LogP) is 2.78. The fourth-order valence-electron chi connectivity index (χ4n) is 1.97. The van der Waals surface area contributed by atoms with Crippen molar-refractivity contribution in [3.8, 4) is 5.75 Å². The van der Waals surface area contributed by atoms with Gasteiger partial charge in [0, 0.05) is 17.6 Å². The highest BCUT2D eigenvalue weighted by Crippen LogP contribution is 2.23. The van der Waals surface area contributed by atoms with Crippen LogP contribution >= 0.6 is 11.6 Å². The number of rotatable bonds is 5. The first-order chi connectivity index (χ1) is 10.1. The van der Waals surface area contributed by atoms with E-state index in [9.17, 15) is 4.79 Å². The first-order valence-electron chi connectivity index (χ1n) is 6.54. The zero-order valence-electron chi connectivity index (χ0n) is 11.7. The number of carbonyl (C=O) groups excluding carboxylic acids is 1. The van der Waals surface area contributed by atoms with Gasteiger partial charge < -0.3 is 15.8 Å². The molecule has 0 bridgehead atoms. The van der Waals surface area contributed by atoms with Gasteiger partial charge in [0.15, 0.2) is 0 Å². The predicted molar refractivity (Wildman–Crippen MR) is 83.7 cm³/mol. The number of ether oxygens (including phenoxy) is 1. The number of amides is 1. The average Bonchev–Trinajstić information content (AvgIpc) is 2.52. The minimum absolute atomic E-state index is 0.241. The molecule has 21 heavy (non-hydrogen) atoms. The van der Waals surface area contributed by atoms with Crippen LogP contribution < -0.4 is 15.8 Å². The van der Waals surface area contributed by atoms with E-state index in [0.717, 1.165) is 5.56 Å². The van der Waals surface area contributed by atoms with Crippen LogP contribution in [0.3, 0.4) is 0 Å². The lowest BCUT2D eigenvalue weighted by Crippen LogP contribution is -2.32. The average molecular weight is 305 g/mol. The monoisotopic (exact) mass is 304 g/mol. The molecule has 1 unspecified atom stereocenters. The lowest BCUT2D eigenvalue weighted by molar-refractivity contribution is 0.0948. The molecule has 0 saturated heterocycles. The van der Waals surface area contributed by atoms with Crippen molar-refractivity contribution in [2.75, 3.05) is 13.7 Å². The molecule has 0 aliphatic carbocycles. The molecular formula is C16H17ClN2O2. The second-order valence-electron chi connectivity index (χ2n) is 4.57. The van der Waals surface area contributed by atoms with Crippen LogP contribution in [0.1, 0.15) is 22.0 Å². The van der Waals surface area contributed by atoms with Crippen molar-refractivity contribution in [1.29, 1.82) is 0 Å². The van der Waals surface area contributed by atoms with Gasteiger partial charge in [-0.1, -0.05) is 41.9 Å². The van der Waals surface area contributed by atoms with E-state index in [2.05, 4.69) is 5.32 Å². The number of benzene rings is 2. The summed E-state index contributed by atoms with van der Waals surface area (Å²) in [5.74, 6) is 0.197. The highest BCUT2D eigenvalue weighted by molar-refractivity contribution is 6.30. The molecule has 0 aromatic heterocycles. The van der Waals surface area contributed by atoms with Crippen molar-refractivity contribution in [2.45, 2.75) is 6.04 Å². The van der Waals surface area contributed by atoms with Gasteiger partial charge in [0.05, 0.1) is 12.7 Å². The van der Waals surface area contributed by atoms with Crippen LogP contribution in [-0.2, 0) is 0 Å². The number of nitrogens with one attached hydrogen (secondary N) is 1. The van der Waals surface area contributed by atoms with Crippen LogP contribution in [0.15, 0.2) is 48.5 Å². The van der Waals surface area contributed by atoms with E-state index in [1.54, 1.807) is 18.2 Å². The zero-order chi connectivity index (χ0) is 15.2. The molecule has 4 nitrogen and oxygen atoms in total. The van der Waals surface area contributed by atoms with Gasteiger partial charge in [0.2, 0.25) is 0 Å².